The molecular formula is C28H33Cl2N3O2S. The van der Waals surface area contributed by atoms with Crippen molar-refractivity contribution in [3.8, 4) is 11.8 Å². The Morgan fingerprint density at radius 3 is 2.50 bits per heavy atom. The van der Waals surface area contributed by atoms with E-state index in [2.05, 4.69) is 42.1 Å². The molecule has 8 heteroatoms. The summed E-state index contributed by atoms with van der Waals surface area (Å²) in [6.45, 7) is 10.2. The number of nitriles is 1. The summed E-state index contributed by atoms with van der Waals surface area (Å²) in [5.74, 6) is 5.11. The Morgan fingerprint density at radius 1 is 1.28 bits per heavy atom. The molecule has 5 nitrogen and oxygen atoms in total. The molecule has 0 aliphatic rings. The molecule has 0 heterocycles. The first-order valence-electron chi connectivity index (χ1n) is 11.4. The summed E-state index contributed by atoms with van der Waals surface area (Å²) < 4.78 is 22.1. The van der Waals surface area contributed by atoms with E-state index in [0.717, 1.165) is 23.1 Å². The van der Waals surface area contributed by atoms with E-state index < -0.39 is 15.1 Å². The maximum atomic E-state index is 12.0. The fourth-order valence-electron chi connectivity index (χ4n) is 3.52. The number of allylic oxidation sites excluding steroid dienone is 1. The van der Waals surface area contributed by atoms with Crippen molar-refractivity contribution in [1.29, 1.82) is 5.26 Å². The number of nitrogens with zero attached hydrogens (tertiary/aromatic N) is 2. The van der Waals surface area contributed by atoms with Gasteiger partial charge in [-0.1, -0.05) is 50.2 Å². The van der Waals surface area contributed by atoms with Crippen LogP contribution in [0.25, 0.3) is 0 Å². The highest BCUT2D eigenvalue weighted by Gasteiger charge is 2.25. The number of ether oxygens (including phenoxy) is 1. The standard InChI is InChI=1S/C28H33Cl2N3O2S/c1-7-15-32-27(33-36(5,6)34)20(2)19-35-24-12-10-22(11-13-24)28(3,4)23-16-21(18-31)25(9-8-14-29)26(30)17-23/h7,10-13,15-17H,2,5,8-9,14,19H2,1,3-4,6H3,(H,32,33,34)/b15-7-. The van der Waals surface area contributed by atoms with Gasteiger partial charge in [-0.25, -0.2) is 4.21 Å². The molecule has 0 aliphatic carbocycles. The number of hydrogen-bond donors (Lipinski definition) is 1. The van der Waals surface area contributed by atoms with Gasteiger partial charge in [0.05, 0.1) is 21.3 Å². The normalized spacial score (nSPS) is 13.8. The van der Waals surface area contributed by atoms with Crippen LogP contribution in [-0.2, 0) is 21.5 Å². The molecule has 0 spiro atoms. The van der Waals surface area contributed by atoms with Crippen molar-refractivity contribution < 1.29 is 8.95 Å². The lowest BCUT2D eigenvalue weighted by molar-refractivity contribution is 0.357. The van der Waals surface area contributed by atoms with E-state index in [4.69, 9.17) is 27.9 Å². The first-order chi connectivity index (χ1) is 16.9. The van der Waals surface area contributed by atoms with Gasteiger partial charge in [-0.3, -0.25) is 0 Å². The molecule has 0 radical (unpaired) electrons. The Morgan fingerprint density at radius 2 is 1.94 bits per heavy atom. The van der Waals surface area contributed by atoms with Crippen LogP contribution < -0.4 is 10.1 Å². The zero-order valence-electron chi connectivity index (χ0n) is 21.2. The van der Waals surface area contributed by atoms with Gasteiger partial charge in [0.1, 0.15) is 18.2 Å². The predicted octanol–water partition coefficient (Wildman–Crippen LogP) is 6.43. The molecular weight excluding hydrogens is 513 g/mol. The minimum atomic E-state index is -2.61. The van der Waals surface area contributed by atoms with Crippen LogP contribution in [-0.4, -0.2) is 34.7 Å². The summed E-state index contributed by atoms with van der Waals surface area (Å²) in [5, 5.41) is 13.2. The Labute approximate surface area is 225 Å². The van der Waals surface area contributed by atoms with Crippen molar-refractivity contribution in [2.75, 3.05) is 18.7 Å². The summed E-state index contributed by atoms with van der Waals surface area (Å²) >= 11 is 12.4. The molecule has 0 bridgehead atoms. The number of benzene rings is 2. The van der Waals surface area contributed by atoms with Crippen molar-refractivity contribution in [3.63, 3.8) is 0 Å². The molecule has 1 atom stereocenters. The second-order valence-electron chi connectivity index (χ2n) is 8.97. The zero-order valence-corrected chi connectivity index (χ0v) is 23.6. The summed E-state index contributed by atoms with van der Waals surface area (Å²) in [5.41, 5.74) is 3.57. The van der Waals surface area contributed by atoms with Crippen LogP contribution in [0.5, 0.6) is 5.75 Å². The highest BCUT2D eigenvalue weighted by atomic mass is 35.5. The zero-order chi connectivity index (χ0) is 26.9. The summed E-state index contributed by atoms with van der Waals surface area (Å²) in [6, 6.07) is 13.9. The lowest BCUT2D eigenvalue weighted by Crippen LogP contribution is -2.24. The Balaban J connectivity index is 2.22. The monoisotopic (exact) mass is 545 g/mol. The lowest BCUT2D eigenvalue weighted by Gasteiger charge is -2.27. The largest absolute Gasteiger partial charge is 0.489 e. The summed E-state index contributed by atoms with van der Waals surface area (Å²) in [6.07, 6.45) is 6.37. The minimum absolute atomic E-state index is 0.159. The van der Waals surface area contributed by atoms with Crippen molar-refractivity contribution in [2.45, 2.75) is 39.0 Å². The molecule has 0 saturated heterocycles. The first kappa shape index (κ1) is 29.5. The Bertz CT molecular complexity index is 1290. The van der Waals surface area contributed by atoms with Crippen molar-refractivity contribution in [2.24, 2.45) is 4.40 Å². The maximum absolute atomic E-state index is 12.0. The van der Waals surface area contributed by atoms with Gasteiger partial charge in [-0.05, 0) is 72.8 Å². The third kappa shape index (κ3) is 8.16. The quantitative estimate of drug-likeness (QED) is 0.153. The third-order valence-electron chi connectivity index (χ3n) is 5.59. The predicted molar refractivity (Wildman–Crippen MR) is 155 cm³/mol. The smallest absolute Gasteiger partial charge is 0.146 e. The fraction of sp³-hybridized carbons (Fsp3) is 0.321. The fourth-order valence-corrected chi connectivity index (χ4v) is 4.53. The van der Waals surface area contributed by atoms with Crippen LogP contribution in [0.3, 0.4) is 0 Å². The molecule has 0 amide bonds. The summed E-state index contributed by atoms with van der Waals surface area (Å²) in [4.78, 5) is 0. The van der Waals surface area contributed by atoms with Crippen LogP contribution in [0, 0.1) is 11.3 Å². The van der Waals surface area contributed by atoms with Gasteiger partial charge in [0.25, 0.3) is 0 Å². The van der Waals surface area contributed by atoms with Gasteiger partial charge >= 0.3 is 0 Å². The van der Waals surface area contributed by atoms with E-state index >= 15 is 0 Å². The van der Waals surface area contributed by atoms with Crippen LogP contribution >= 0.6 is 23.2 Å². The molecule has 0 fully saturated rings. The molecule has 1 unspecified atom stereocenters. The molecule has 2 aromatic rings. The molecule has 2 aromatic carbocycles. The second kappa shape index (κ2) is 13.0. The minimum Gasteiger partial charge on any atom is -0.489 e. The van der Waals surface area contributed by atoms with Gasteiger partial charge in [0.15, 0.2) is 0 Å². The van der Waals surface area contributed by atoms with Crippen molar-refractivity contribution in [3.05, 3.63) is 88.1 Å². The molecule has 0 saturated carbocycles. The molecule has 1 N–H and O–H groups in total. The number of amidine groups is 1. The van der Waals surface area contributed by atoms with Gasteiger partial charge in [-0.15, -0.1) is 11.6 Å². The SMILES string of the molecule is C=C(COc1ccc(C(C)(C)c2cc(Cl)c(CCCCl)c(C#N)c2)cc1)/C(=N\S(=C)(C)=O)N/C=C\C. The highest BCUT2D eigenvalue weighted by Crippen LogP contribution is 2.36. The second-order valence-corrected chi connectivity index (χ2v) is 11.9. The van der Waals surface area contributed by atoms with E-state index in [0.29, 0.717) is 40.0 Å². The number of halogens is 2. The third-order valence-corrected chi connectivity index (χ3v) is 6.77. The van der Waals surface area contributed by atoms with Crippen molar-refractivity contribution in [1.82, 2.24) is 5.32 Å². The van der Waals surface area contributed by atoms with E-state index in [1.165, 1.54) is 6.26 Å². The van der Waals surface area contributed by atoms with Crippen molar-refractivity contribution >= 4 is 44.6 Å². The highest BCUT2D eigenvalue weighted by molar-refractivity contribution is 7.98. The molecule has 0 aliphatic heterocycles. The van der Waals surface area contributed by atoms with Crippen LogP contribution in [0.15, 0.2) is 65.2 Å². The molecule has 2 rings (SSSR count). The van der Waals surface area contributed by atoms with E-state index in [-0.39, 0.29) is 6.61 Å². The topological polar surface area (TPSA) is 74.5 Å². The van der Waals surface area contributed by atoms with Gasteiger partial charge in [0, 0.05) is 28.1 Å². The molecule has 0 aromatic heterocycles. The molecule has 36 heavy (non-hydrogen) atoms. The maximum Gasteiger partial charge on any atom is 0.146 e. The number of nitrogens with one attached hydrogen (secondary N) is 1. The average molecular weight is 547 g/mol. The van der Waals surface area contributed by atoms with Crippen LogP contribution in [0.2, 0.25) is 5.02 Å². The first-order valence-corrected chi connectivity index (χ1v) is 14.4. The Kier molecular flexibility index (Phi) is 10.7. The van der Waals surface area contributed by atoms with Crippen LogP contribution in [0.1, 0.15) is 49.4 Å². The van der Waals surface area contributed by atoms with E-state index in [1.807, 2.05) is 43.3 Å². The summed E-state index contributed by atoms with van der Waals surface area (Å²) in [7, 11) is -2.61. The molecule has 192 valence electrons. The van der Waals surface area contributed by atoms with E-state index in [9.17, 15) is 9.47 Å². The van der Waals surface area contributed by atoms with Crippen LogP contribution in [0.4, 0.5) is 0 Å². The number of rotatable bonds is 11. The van der Waals surface area contributed by atoms with Gasteiger partial charge in [0.2, 0.25) is 0 Å². The Hall–Kier alpha value is -2.72. The van der Waals surface area contributed by atoms with Gasteiger partial charge in [-0.2, -0.15) is 9.66 Å². The van der Waals surface area contributed by atoms with E-state index in [1.54, 1.807) is 12.3 Å². The lowest BCUT2D eigenvalue weighted by atomic mass is 9.77. The number of hydrogen-bond acceptors (Lipinski definition) is 3. The average Bonchev–Trinajstić information content (AvgIpc) is 2.83. The van der Waals surface area contributed by atoms with Gasteiger partial charge < -0.3 is 10.1 Å². The number of alkyl halides is 1.